The minimum absolute atomic E-state index is 0. The number of hydrogen-bond donors (Lipinski definition) is 0. The van der Waals surface area contributed by atoms with Crippen LogP contribution in [0.4, 0.5) is 0 Å². The lowest BCUT2D eigenvalue weighted by Gasteiger charge is -2.11. The van der Waals surface area contributed by atoms with E-state index in [9.17, 15) is 5.26 Å². The molecular formula is C25H22ClN3O. The first-order valence-corrected chi connectivity index (χ1v) is 9.58. The van der Waals surface area contributed by atoms with Gasteiger partial charge in [-0.25, -0.2) is 4.98 Å². The molecule has 0 bridgehead atoms. The predicted molar refractivity (Wildman–Crippen MR) is 121 cm³/mol. The highest BCUT2D eigenvalue weighted by atomic mass is 35.5. The second kappa shape index (κ2) is 10.3. The van der Waals surface area contributed by atoms with Crippen LogP contribution in [0.5, 0.6) is 5.75 Å². The molecule has 4 aromatic rings. The summed E-state index contributed by atoms with van der Waals surface area (Å²) < 4.78 is 7.94. The summed E-state index contributed by atoms with van der Waals surface area (Å²) in [5.41, 5.74) is 5.25. The molecule has 150 valence electrons. The Kier molecular flexibility index (Phi) is 7.26. The summed E-state index contributed by atoms with van der Waals surface area (Å²) in [6, 6.07) is 26.8. The van der Waals surface area contributed by atoms with Gasteiger partial charge < -0.3 is 9.30 Å². The molecule has 0 saturated carbocycles. The summed E-state index contributed by atoms with van der Waals surface area (Å²) in [4.78, 5) is 4.06. The average molecular weight is 416 g/mol. The van der Waals surface area contributed by atoms with E-state index in [-0.39, 0.29) is 12.4 Å². The quantitative estimate of drug-likeness (QED) is 0.399. The number of aromatic nitrogens is 2. The first kappa shape index (κ1) is 21.2. The number of benzene rings is 3. The van der Waals surface area contributed by atoms with Crippen molar-refractivity contribution in [2.45, 2.75) is 13.0 Å². The van der Waals surface area contributed by atoms with E-state index in [4.69, 9.17) is 4.74 Å². The first-order valence-electron chi connectivity index (χ1n) is 9.58. The maximum absolute atomic E-state index is 9.38. The van der Waals surface area contributed by atoms with Crippen molar-refractivity contribution in [1.29, 1.82) is 5.26 Å². The molecule has 1 aromatic heterocycles. The van der Waals surface area contributed by atoms with E-state index in [0.29, 0.717) is 24.5 Å². The van der Waals surface area contributed by atoms with E-state index in [1.807, 2.05) is 47.2 Å². The summed E-state index contributed by atoms with van der Waals surface area (Å²) in [6.45, 7) is 1.22. The lowest BCUT2D eigenvalue weighted by molar-refractivity contribution is 0.320. The summed E-state index contributed by atoms with van der Waals surface area (Å²) in [5.74, 6) is 0.631. The average Bonchev–Trinajstić information content (AvgIpc) is 3.28. The van der Waals surface area contributed by atoms with Gasteiger partial charge in [0.2, 0.25) is 0 Å². The van der Waals surface area contributed by atoms with Crippen LogP contribution in [0.2, 0.25) is 0 Å². The molecule has 30 heavy (non-hydrogen) atoms. The SMILES string of the molecule is Cl.N#Cc1ccc(Cn2ccnc2)cc1OCCc1ccc(-c2ccccc2)cc1. The van der Waals surface area contributed by atoms with Crippen LogP contribution in [0.3, 0.4) is 0 Å². The van der Waals surface area contributed by atoms with Crippen LogP contribution in [-0.4, -0.2) is 16.2 Å². The van der Waals surface area contributed by atoms with Crippen molar-refractivity contribution in [1.82, 2.24) is 9.55 Å². The molecule has 5 heteroatoms. The van der Waals surface area contributed by atoms with Gasteiger partial charge in [0.1, 0.15) is 11.8 Å². The topological polar surface area (TPSA) is 50.8 Å². The zero-order chi connectivity index (χ0) is 19.9. The third kappa shape index (κ3) is 5.28. The molecule has 0 unspecified atom stereocenters. The van der Waals surface area contributed by atoms with Gasteiger partial charge in [-0.3, -0.25) is 0 Å². The summed E-state index contributed by atoms with van der Waals surface area (Å²) in [7, 11) is 0. The standard InChI is InChI=1S/C25H21N3O.ClH/c26-17-24-11-8-21(18-28-14-13-27-19-28)16-25(24)29-15-12-20-6-9-23(10-7-20)22-4-2-1-3-5-22;/h1-11,13-14,16,19H,12,15,18H2;1H. The van der Waals surface area contributed by atoms with Crippen molar-refractivity contribution in [3.63, 3.8) is 0 Å². The smallest absolute Gasteiger partial charge is 0.137 e. The number of nitriles is 1. The van der Waals surface area contributed by atoms with E-state index in [0.717, 1.165) is 12.0 Å². The van der Waals surface area contributed by atoms with Crippen LogP contribution < -0.4 is 4.74 Å². The Morgan fingerprint density at radius 3 is 2.33 bits per heavy atom. The normalized spacial score (nSPS) is 10.1. The van der Waals surface area contributed by atoms with Gasteiger partial charge in [-0.05, 0) is 34.4 Å². The van der Waals surface area contributed by atoms with E-state index in [2.05, 4.69) is 47.5 Å². The molecule has 0 aliphatic rings. The van der Waals surface area contributed by atoms with E-state index in [1.54, 1.807) is 12.5 Å². The highest BCUT2D eigenvalue weighted by Gasteiger charge is 2.06. The van der Waals surface area contributed by atoms with Gasteiger partial charge in [-0.2, -0.15) is 5.26 Å². The molecule has 0 atom stereocenters. The van der Waals surface area contributed by atoms with Crippen LogP contribution in [0.1, 0.15) is 16.7 Å². The zero-order valence-electron chi connectivity index (χ0n) is 16.4. The monoisotopic (exact) mass is 415 g/mol. The maximum atomic E-state index is 9.38. The predicted octanol–water partition coefficient (Wildman–Crippen LogP) is 5.51. The van der Waals surface area contributed by atoms with E-state index >= 15 is 0 Å². The fraction of sp³-hybridized carbons (Fsp3) is 0.120. The third-order valence-electron chi connectivity index (χ3n) is 4.80. The summed E-state index contributed by atoms with van der Waals surface area (Å²) >= 11 is 0. The highest BCUT2D eigenvalue weighted by molar-refractivity contribution is 5.85. The second-order valence-corrected chi connectivity index (χ2v) is 6.84. The van der Waals surface area contributed by atoms with Crippen molar-refractivity contribution >= 4 is 12.4 Å². The molecule has 0 spiro atoms. The van der Waals surface area contributed by atoms with Gasteiger partial charge >= 0.3 is 0 Å². The molecule has 1 heterocycles. The Bertz CT molecular complexity index is 1100. The fourth-order valence-electron chi connectivity index (χ4n) is 3.24. The van der Waals surface area contributed by atoms with Crippen molar-refractivity contribution in [2.75, 3.05) is 6.61 Å². The Hall–Kier alpha value is -3.55. The number of imidazole rings is 1. The molecule has 4 nitrogen and oxygen atoms in total. The van der Waals surface area contributed by atoms with Gasteiger partial charge in [-0.15, -0.1) is 12.4 Å². The fourth-order valence-corrected chi connectivity index (χ4v) is 3.24. The highest BCUT2D eigenvalue weighted by Crippen LogP contribution is 2.22. The zero-order valence-corrected chi connectivity index (χ0v) is 17.3. The molecule has 0 N–H and O–H groups in total. The second-order valence-electron chi connectivity index (χ2n) is 6.84. The van der Waals surface area contributed by atoms with Crippen LogP contribution in [0.15, 0.2) is 91.5 Å². The number of nitrogens with zero attached hydrogens (tertiary/aromatic N) is 3. The van der Waals surface area contributed by atoms with E-state index < -0.39 is 0 Å². The molecule has 0 fully saturated rings. The van der Waals surface area contributed by atoms with Crippen molar-refractivity contribution in [3.05, 3.63) is 108 Å². The number of ether oxygens (including phenoxy) is 1. The van der Waals surface area contributed by atoms with Crippen LogP contribution >= 0.6 is 12.4 Å². The third-order valence-corrected chi connectivity index (χ3v) is 4.80. The van der Waals surface area contributed by atoms with Gasteiger partial charge in [0.05, 0.1) is 18.5 Å². The Morgan fingerprint density at radius 1 is 0.900 bits per heavy atom. The lowest BCUT2D eigenvalue weighted by Crippen LogP contribution is -2.04. The van der Waals surface area contributed by atoms with Gasteiger partial charge in [0.15, 0.2) is 0 Å². The summed E-state index contributed by atoms with van der Waals surface area (Å²) in [6.07, 6.45) is 6.23. The molecule has 3 aromatic carbocycles. The van der Waals surface area contributed by atoms with Gasteiger partial charge in [-0.1, -0.05) is 60.7 Å². The van der Waals surface area contributed by atoms with Crippen LogP contribution in [0, 0.1) is 11.3 Å². The Balaban J connectivity index is 0.00000256. The largest absolute Gasteiger partial charge is 0.492 e. The minimum atomic E-state index is 0. The molecule has 0 amide bonds. The number of rotatable bonds is 7. The maximum Gasteiger partial charge on any atom is 0.137 e. The van der Waals surface area contributed by atoms with Gasteiger partial charge in [0, 0.05) is 25.4 Å². The van der Waals surface area contributed by atoms with Gasteiger partial charge in [0.25, 0.3) is 0 Å². The van der Waals surface area contributed by atoms with Crippen LogP contribution in [0.25, 0.3) is 11.1 Å². The molecule has 0 aliphatic carbocycles. The minimum Gasteiger partial charge on any atom is -0.492 e. The van der Waals surface area contributed by atoms with Crippen molar-refractivity contribution in [2.24, 2.45) is 0 Å². The number of halogens is 1. The van der Waals surface area contributed by atoms with Crippen molar-refractivity contribution < 1.29 is 4.74 Å². The molecule has 0 radical (unpaired) electrons. The van der Waals surface area contributed by atoms with E-state index in [1.165, 1.54) is 16.7 Å². The lowest BCUT2D eigenvalue weighted by atomic mass is 10.0. The number of hydrogen-bond acceptors (Lipinski definition) is 3. The Morgan fingerprint density at radius 2 is 1.63 bits per heavy atom. The van der Waals surface area contributed by atoms with Crippen LogP contribution in [-0.2, 0) is 13.0 Å². The molecule has 0 saturated heterocycles. The molecule has 4 rings (SSSR count). The Labute approximate surface area is 182 Å². The molecule has 0 aliphatic heterocycles. The van der Waals surface area contributed by atoms with Crippen molar-refractivity contribution in [3.8, 4) is 22.9 Å². The summed E-state index contributed by atoms with van der Waals surface area (Å²) in [5, 5.41) is 9.38. The molecular weight excluding hydrogens is 394 g/mol. The first-order chi connectivity index (χ1) is 14.3.